The van der Waals surface area contributed by atoms with Crippen LogP contribution in [-0.2, 0) is 10.0 Å². The molecule has 1 aromatic heterocycles. The number of hydrazone groups is 1. The van der Waals surface area contributed by atoms with E-state index in [1.807, 2.05) is 39.0 Å². The first-order valence-electron chi connectivity index (χ1n) is 11.8. The molecule has 4 aromatic rings. The molecule has 0 unspecified atom stereocenters. The summed E-state index contributed by atoms with van der Waals surface area (Å²) in [7, 11) is -2.22. The third-order valence-electron chi connectivity index (χ3n) is 6.37. The number of para-hydroxylation sites is 1. The van der Waals surface area contributed by atoms with E-state index >= 15 is 0 Å². The van der Waals surface area contributed by atoms with E-state index in [1.165, 1.54) is 16.9 Å². The summed E-state index contributed by atoms with van der Waals surface area (Å²) in [6.07, 6.45) is 1.63. The summed E-state index contributed by atoms with van der Waals surface area (Å²) in [5.41, 5.74) is 9.62. The zero-order valence-electron chi connectivity index (χ0n) is 21.6. The van der Waals surface area contributed by atoms with Gasteiger partial charge in [-0.2, -0.15) is 5.10 Å². The molecule has 1 N–H and O–H groups in total. The molecular formula is C29H30N4O3S. The van der Waals surface area contributed by atoms with Crippen molar-refractivity contribution in [1.29, 1.82) is 0 Å². The van der Waals surface area contributed by atoms with Crippen LogP contribution >= 0.6 is 0 Å². The predicted octanol–water partition coefficient (Wildman–Crippen LogP) is 5.30. The average molecular weight is 515 g/mol. The highest BCUT2D eigenvalue weighted by Gasteiger charge is 2.21. The summed E-state index contributed by atoms with van der Waals surface area (Å²) >= 11 is 0. The van der Waals surface area contributed by atoms with Crippen LogP contribution in [0, 0.1) is 27.7 Å². The molecule has 0 spiro atoms. The molecule has 190 valence electrons. The maximum atomic E-state index is 12.9. The quantitative estimate of drug-likeness (QED) is 0.268. The Kier molecular flexibility index (Phi) is 7.31. The number of nitrogens with one attached hydrogen (secondary N) is 1. The fraction of sp³-hybridized carbons (Fsp3) is 0.172. The van der Waals surface area contributed by atoms with Gasteiger partial charge in [0.2, 0.25) is 0 Å². The molecule has 0 bridgehead atoms. The molecule has 4 rings (SSSR count). The van der Waals surface area contributed by atoms with E-state index in [0.29, 0.717) is 11.3 Å². The Morgan fingerprint density at radius 3 is 2.22 bits per heavy atom. The van der Waals surface area contributed by atoms with E-state index in [2.05, 4.69) is 34.2 Å². The second kappa shape index (κ2) is 10.4. The van der Waals surface area contributed by atoms with Gasteiger partial charge in [0.1, 0.15) is 0 Å². The number of benzene rings is 3. The molecule has 0 saturated carbocycles. The van der Waals surface area contributed by atoms with Crippen molar-refractivity contribution < 1.29 is 13.2 Å². The molecule has 1 heterocycles. The normalized spacial score (nSPS) is 11.6. The number of carbonyl (C=O) groups excluding carboxylic acids is 1. The monoisotopic (exact) mass is 514 g/mol. The standard InChI is InChI=1S/C29H30N4O3S/c1-20-10-16-27(17-11-20)37(35,36)32(5)26-14-12-24(13-15-26)29(34)31-30-19-25-18-22(3)33(23(25)4)28-9-7-6-8-21(28)2/h6-19H,1-5H3,(H,31,34)/b30-19-. The van der Waals surface area contributed by atoms with Crippen LogP contribution in [0.3, 0.4) is 0 Å². The van der Waals surface area contributed by atoms with Crippen LogP contribution < -0.4 is 9.73 Å². The van der Waals surface area contributed by atoms with Crippen molar-refractivity contribution in [2.45, 2.75) is 32.6 Å². The lowest BCUT2D eigenvalue weighted by atomic mass is 10.2. The number of amides is 1. The molecule has 37 heavy (non-hydrogen) atoms. The Balaban J connectivity index is 1.45. The van der Waals surface area contributed by atoms with E-state index in [0.717, 1.165) is 28.2 Å². The second-order valence-electron chi connectivity index (χ2n) is 8.98. The number of rotatable bonds is 7. The summed E-state index contributed by atoms with van der Waals surface area (Å²) in [5.74, 6) is -0.389. The zero-order valence-corrected chi connectivity index (χ0v) is 22.4. The SMILES string of the molecule is Cc1ccc(S(=O)(=O)N(C)c2ccc(C(=O)N/N=C\c3cc(C)n(-c4ccccc4C)c3C)cc2)cc1. The number of aromatic nitrogens is 1. The van der Waals surface area contributed by atoms with Crippen molar-refractivity contribution >= 4 is 27.8 Å². The molecule has 0 aliphatic rings. The molecule has 0 aliphatic carbocycles. The Labute approximate surface area is 218 Å². The highest BCUT2D eigenvalue weighted by Crippen LogP contribution is 2.24. The van der Waals surface area contributed by atoms with Gasteiger partial charge in [-0.1, -0.05) is 35.9 Å². The molecule has 0 saturated heterocycles. The molecule has 1 amide bonds. The minimum atomic E-state index is -3.71. The van der Waals surface area contributed by atoms with Gasteiger partial charge in [0.05, 0.1) is 16.8 Å². The van der Waals surface area contributed by atoms with Gasteiger partial charge in [-0.3, -0.25) is 9.10 Å². The largest absolute Gasteiger partial charge is 0.318 e. The Hall–Kier alpha value is -4.17. The molecule has 0 atom stereocenters. The van der Waals surface area contributed by atoms with Crippen LogP contribution in [0.2, 0.25) is 0 Å². The van der Waals surface area contributed by atoms with Gasteiger partial charge in [-0.05, 0) is 81.8 Å². The van der Waals surface area contributed by atoms with E-state index < -0.39 is 10.0 Å². The highest BCUT2D eigenvalue weighted by molar-refractivity contribution is 7.92. The van der Waals surface area contributed by atoms with Crippen molar-refractivity contribution in [3.63, 3.8) is 0 Å². The third kappa shape index (κ3) is 5.34. The first-order chi connectivity index (χ1) is 17.6. The zero-order chi connectivity index (χ0) is 26.7. The van der Waals surface area contributed by atoms with Gasteiger partial charge in [0.25, 0.3) is 15.9 Å². The molecule has 8 heteroatoms. The number of carbonyl (C=O) groups is 1. The number of sulfonamides is 1. The maximum Gasteiger partial charge on any atom is 0.271 e. The fourth-order valence-electron chi connectivity index (χ4n) is 4.16. The first kappa shape index (κ1) is 25.9. The molecule has 0 fully saturated rings. The van der Waals surface area contributed by atoms with Gasteiger partial charge in [-0.25, -0.2) is 13.8 Å². The summed E-state index contributed by atoms with van der Waals surface area (Å²) in [4.78, 5) is 12.8. The summed E-state index contributed by atoms with van der Waals surface area (Å²) in [6.45, 7) is 8.02. The van der Waals surface area contributed by atoms with Crippen molar-refractivity contribution in [2.24, 2.45) is 5.10 Å². The lowest BCUT2D eigenvalue weighted by Crippen LogP contribution is -2.26. The molecule has 3 aromatic carbocycles. The van der Waals surface area contributed by atoms with E-state index in [9.17, 15) is 13.2 Å². The number of hydrogen-bond acceptors (Lipinski definition) is 4. The van der Waals surface area contributed by atoms with Crippen LogP contribution in [0.5, 0.6) is 0 Å². The second-order valence-corrected chi connectivity index (χ2v) is 10.9. The lowest BCUT2D eigenvalue weighted by Gasteiger charge is -2.19. The topological polar surface area (TPSA) is 83.8 Å². The van der Waals surface area contributed by atoms with Gasteiger partial charge < -0.3 is 4.57 Å². The van der Waals surface area contributed by atoms with E-state index in [1.54, 1.807) is 54.7 Å². The predicted molar refractivity (Wildman–Crippen MR) is 148 cm³/mol. The Morgan fingerprint density at radius 1 is 0.919 bits per heavy atom. The fourth-order valence-corrected chi connectivity index (χ4v) is 5.35. The van der Waals surface area contributed by atoms with Gasteiger partial charge >= 0.3 is 0 Å². The molecule has 0 radical (unpaired) electrons. The van der Waals surface area contributed by atoms with Crippen LogP contribution in [0.25, 0.3) is 5.69 Å². The number of nitrogens with zero attached hydrogens (tertiary/aromatic N) is 3. The third-order valence-corrected chi connectivity index (χ3v) is 8.17. The smallest absolute Gasteiger partial charge is 0.271 e. The number of hydrogen-bond donors (Lipinski definition) is 1. The Morgan fingerprint density at radius 2 is 1.57 bits per heavy atom. The summed E-state index contributed by atoms with van der Waals surface area (Å²) in [6, 6.07) is 23.2. The minimum Gasteiger partial charge on any atom is -0.318 e. The molecular weight excluding hydrogens is 484 g/mol. The van der Waals surface area contributed by atoms with E-state index in [4.69, 9.17) is 0 Å². The summed E-state index contributed by atoms with van der Waals surface area (Å²) in [5, 5.41) is 4.15. The van der Waals surface area contributed by atoms with Gasteiger partial charge in [0.15, 0.2) is 0 Å². The number of anilines is 1. The van der Waals surface area contributed by atoms with Crippen LogP contribution in [-0.4, -0.2) is 32.2 Å². The Bertz CT molecular complexity index is 1570. The van der Waals surface area contributed by atoms with Gasteiger partial charge in [-0.15, -0.1) is 0 Å². The summed E-state index contributed by atoms with van der Waals surface area (Å²) < 4.78 is 29.2. The number of aryl methyl sites for hydroxylation is 3. The maximum absolute atomic E-state index is 12.9. The van der Waals surface area contributed by atoms with Crippen LogP contribution in [0.15, 0.2) is 88.9 Å². The lowest BCUT2D eigenvalue weighted by molar-refractivity contribution is 0.0955. The van der Waals surface area contributed by atoms with Crippen molar-refractivity contribution in [3.05, 3.63) is 113 Å². The molecule has 0 aliphatic heterocycles. The average Bonchev–Trinajstić information content (AvgIpc) is 3.16. The van der Waals surface area contributed by atoms with Crippen molar-refractivity contribution in [1.82, 2.24) is 9.99 Å². The van der Waals surface area contributed by atoms with Gasteiger partial charge in [0, 0.05) is 35.2 Å². The van der Waals surface area contributed by atoms with E-state index in [-0.39, 0.29) is 10.8 Å². The van der Waals surface area contributed by atoms with Crippen LogP contribution in [0.1, 0.15) is 38.4 Å². The highest BCUT2D eigenvalue weighted by atomic mass is 32.2. The van der Waals surface area contributed by atoms with Crippen molar-refractivity contribution in [2.75, 3.05) is 11.4 Å². The van der Waals surface area contributed by atoms with Crippen molar-refractivity contribution in [3.8, 4) is 5.69 Å². The minimum absolute atomic E-state index is 0.207. The first-order valence-corrected chi connectivity index (χ1v) is 13.3. The molecule has 7 nitrogen and oxygen atoms in total. The van der Waals surface area contributed by atoms with Crippen LogP contribution in [0.4, 0.5) is 5.69 Å².